The Morgan fingerprint density at radius 1 is 1.24 bits per heavy atom. The molecule has 0 aliphatic carbocycles. The number of nitrogens with one attached hydrogen (secondary N) is 1. The summed E-state index contributed by atoms with van der Waals surface area (Å²) in [5.74, 6) is 0.194. The van der Waals surface area contributed by atoms with Crippen LogP contribution in [0, 0.1) is 5.82 Å². The number of benzene rings is 2. The second kappa shape index (κ2) is 7.90. The SMILES string of the molecule is COc1cccc(C(=O)NCCc2csc(-c3ccccc3F)n2)c1. The van der Waals surface area contributed by atoms with Gasteiger partial charge in [-0.1, -0.05) is 18.2 Å². The van der Waals surface area contributed by atoms with Crippen LogP contribution in [0.1, 0.15) is 16.1 Å². The molecule has 0 atom stereocenters. The summed E-state index contributed by atoms with van der Waals surface area (Å²) in [6, 6.07) is 13.6. The molecule has 4 nitrogen and oxygen atoms in total. The predicted molar refractivity (Wildman–Crippen MR) is 96.5 cm³/mol. The molecule has 6 heteroatoms. The van der Waals surface area contributed by atoms with E-state index < -0.39 is 0 Å². The maximum atomic E-state index is 13.8. The Hall–Kier alpha value is -2.73. The maximum Gasteiger partial charge on any atom is 0.251 e. The minimum atomic E-state index is -0.283. The molecule has 2 aromatic carbocycles. The van der Waals surface area contributed by atoms with Gasteiger partial charge in [0.1, 0.15) is 16.6 Å². The fraction of sp³-hybridized carbons (Fsp3) is 0.158. The van der Waals surface area contributed by atoms with Crippen molar-refractivity contribution in [1.29, 1.82) is 0 Å². The Balaban J connectivity index is 1.57. The van der Waals surface area contributed by atoms with Crippen molar-refractivity contribution >= 4 is 17.2 Å². The summed E-state index contributed by atoms with van der Waals surface area (Å²) in [5, 5.41) is 5.39. The molecule has 25 heavy (non-hydrogen) atoms. The van der Waals surface area contributed by atoms with E-state index >= 15 is 0 Å². The Kier molecular flexibility index (Phi) is 5.40. The lowest BCUT2D eigenvalue weighted by Gasteiger charge is -2.06. The molecule has 3 aromatic rings. The van der Waals surface area contributed by atoms with E-state index in [2.05, 4.69) is 10.3 Å². The fourth-order valence-corrected chi connectivity index (χ4v) is 3.23. The number of carbonyl (C=O) groups is 1. The first kappa shape index (κ1) is 17.1. The number of rotatable bonds is 6. The van der Waals surface area contributed by atoms with Crippen molar-refractivity contribution in [2.24, 2.45) is 0 Å². The number of hydrogen-bond donors (Lipinski definition) is 1. The van der Waals surface area contributed by atoms with E-state index in [1.807, 2.05) is 5.38 Å². The van der Waals surface area contributed by atoms with Crippen LogP contribution < -0.4 is 10.1 Å². The second-order valence-corrected chi connectivity index (χ2v) is 6.22. The van der Waals surface area contributed by atoms with Crippen LogP contribution in [0.5, 0.6) is 5.75 Å². The summed E-state index contributed by atoms with van der Waals surface area (Å²) in [4.78, 5) is 16.6. The van der Waals surface area contributed by atoms with Crippen LogP contribution in [0.4, 0.5) is 4.39 Å². The van der Waals surface area contributed by atoms with Crippen molar-refractivity contribution in [2.45, 2.75) is 6.42 Å². The zero-order chi connectivity index (χ0) is 17.6. The third kappa shape index (κ3) is 4.22. The predicted octanol–water partition coefficient (Wildman–Crippen LogP) is 3.93. The molecule has 0 bridgehead atoms. The van der Waals surface area contributed by atoms with Crippen LogP contribution in [0.25, 0.3) is 10.6 Å². The zero-order valence-electron chi connectivity index (χ0n) is 13.7. The number of aromatic nitrogens is 1. The van der Waals surface area contributed by atoms with Gasteiger partial charge >= 0.3 is 0 Å². The number of carbonyl (C=O) groups excluding carboxylic acids is 1. The van der Waals surface area contributed by atoms with Crippen LogP contribution in [-0.4, -0.2) is 24.5 Å². The smallest absolute Gasteiger partial charge is 0.251 e. The molecule has 1 aromatic heterocycles. The Labute approximate surface area is 149 Å². The molecule has 0 aliphatic rings. The summed E-state index contributed by atoms with van der Waals surface area (Å²) in [6.07, 6.45) is 0.584. The molecule has 0 radical (unpaired) electrons. The first-order chi connectivity index (χ1) is 12.2. The van der Waals surface area contributed by atoms with Gasteiger partial charge in [-0.05, 0) is 30.3 Å². The molecular weight excluding hydrogens is 339 g/mol. The number of thiazole rings is 1. The van der Waals surface area contributed by atoms with Gasteiger partial charge in [-0.15, -0.1) is 11.3 Å². The first-order valence-electron chi connectivity index (χ1n) is 7.79. The molecule has 0 saturated carbocycles. The van der Waals surface area contributed by atoms with Gasteiger partial charge in [-0.25, -0.2) is 9.37 Å². The van der Waals surface area contributed by atoms with Crippen molar-refractivity contribution in [2.75, 3.05) is 13.7 Å². The maximum absolute atomic E-state index is 13.8. The van der Waals surface area contributed by atoms with Crippen LogP contribution in [0.3, 0.4) is 0 Å². The highest BCUT2D eigenvalue weighted by atomic mass is 32.1. The first-order valence-corrected chi connectivity index (χ1v) is 8.67. The Morgan fingerprint density at radius 3 is 2.88 bits per heavy atom. The van der Waals surface area contributed by atoms with E-state index in [9.17, 15) is 9.18 Å². The average molecular weight is 356 g/mol. The largest absolute Gasteiger partial charge is 0.497 e. The summed E-state index contributed by atoms with van der Waals surface area (Å²) >= 11 is 1.40. The fourth-order valence-electron chi connectivity index (χ4n) is 2.35. The normalized spacial score (nSPS) is 10.5. The number of methoxy groups -OCH3 is 1. The minimum Gasteiger partial charge on any atom is -0.497 e. The van der Waals surface area contributed by atoms with Gasteiger partial charge in [0, 0.05) is 29.5 Å². The molecule has 1 amide bonds. The van der Waals surface area contributed by atoms with Crippen LogP contribution in [0.15, 0.2) is 53.9 Å². The lowest BCUT2D eigenvalue weighted by Crippen LogP contribution is -2.25. The summed E-state index contributed by atoms with van der Waals surface area (Å²) in [6.45, 7) is 0.455. The van der Waals surface area contributed by atoms with Gasteiger partial charge in [0.2, 0.25) is 0 Å². The molecule has 1 heterocycles. The second-order valence-electron chi connectivity index (χ2n) is 5.36. The minimum absolute atomic E-state index is 0.163. The monoisotopic (exact) mass is 356 g/mol. The lowest BCUT2D eigenvalue weighted by molar-refractivity contribution is 0.0953. The Morgan fingerprint density at radius 2 is 2.08 bits per heavy atom. The third-order valence-electron chi connectivity index (χ3n) is 3.65. The molecule has 0 unspecified atom stereocenters. The van der Waals surface area contributed by atoms with Gasteiger partial charge in [-0.2, -0.15) is 0 Å². The molecule has 1 N–H and O–H groups in total. The van der Waals surface area contributed by atoms with E-state index in [4.69, 9.17) is 4.74 Å². The number of nitrogens with zero attached hydrogens (tertiary/aromatic N) is 1. The molecule has 0 saturated heterocycles. The van der Waals surface area contributed by atoms with Crippen molar-refractivity contribution in [1.82, 2.24) is 10.3 Å². The van der Waals surface area contributed by atoms with E-state index in [1.165, 1.54) is 17.4 Å². The average Bonchev–Trinajstić information content (AvgIpc) is 3.10. The highest BCUT2D eigenvalue weighted by Crippen LogP contribution is 2.26. The van der Waals surface area contributed by atoms with E-state index in [0.29, 0.717) is 34.8 Å². The van der Waals surface area contributed by atoms with Crippen molar-refractivity contribution in [3.63, 3.8) is 0 Å². The van der Waals surface area contributed by atoms with Gasteiger partial charge in [0.25, 0.3) is 5.91 Å². The number of hydrogen-bond acceptors (Lipinski definition) is 4. The topological polar surface area (TPSA) is 51.2 Å². The summed E-state index contributed by atoms with van der Waals surface area (Å²) < 4.78 is 18.9. The summed E-state index contributed by atoms with van der Waals surface area (Å²) in [7, 11) is 1.56. The van der Waals surface area contributed by atoms with E-state index in [-0.39, 0.29) is 11.7 Å². The quantitative estimate of drug-likeness (QED) is 0.728. The van der Waals surface area contributed by atoms with Gasteiger partial charge in [0.15, 0.2) is 0 Å². The molecule has 3 rings (SSSR count). The Bertz CT molecular complexity index is 879. The van der Waals surface area contributed by atoms with Crippen LogP contribution in [0.2, 0.25) is 0 Å². The van der Waals surface area contributed by atoms with Crippen molar-refractivity contribution in [3.05, 3.63) is 71.0 Å². The standard InChI is InChI=1S/C19H17FN2O2S/c1-24-15-6-4-5-13(11-15)18(23)21-10-9-14-12-25-19(22-14)16-7-2-3-8-17(16)20/h2-8,11-12H,9-10H2,1H3,(H,21,23). The van der Waals surface area contributed by atoms with Gasteiger partial charge in [-0.3, -0.25) is 4.79 Å². The molecule has 0 aliphatic heterocycles. The molecule has 0 spiro atoms. The summed E-state index contributed by atoms with van der Waals surface area (Å²) in [5.41, 5.74) is 1.87. The third-order valence-corrected chi connectivity index (χ3v) is 4.58. The number of ether oxygens (including phenoxy) is 1. The van der Waals surface area contributed by atoms with E-state index in [0.717, 1.165) is 5.69 Å². The number of halogens is 1. The van der Waals surface area contributed by atoms with E-state index in [1.54, 1.807) is 49.6 Å². The highest BCUT2D eigenvalue weighted by Gasteiger charge is 2.10. The van der Waals surface area contributed by atoms with Gasteiger partial charge in [0.05, 0.1) is 12.8 Å². The molecular formula is C19H17FN2O2S. The van der Waals surface area contributed by atoms with Crippen molar-refractivity contribution < 1.29 is 13.9 Å². The van der Waals surface area contributed by atoms with Gasteiger partial charge < -0.3 is 10.1 Å². The lowest BCUT2D eigenvalue weighted by atomic mass is 10.2. The number of amides is 1. The molecule has 0 fully saturated rings. The van der Waals surface area contributed by atoms with Crippen LogP contribution in [-0.2, 0) is 6.42 Å². The molecule has 128 valence electrons. The van der Waals surface area contributed by atoms with Crippen LogP contribution >= 0.6 is 11.3 Å². The zero-order valence-corrected chi connectivity index (χ0v) is 14.5. The van der Waals surface area contributed by atoms with Crippen molar-refractivity contribution in [3.8, 4) is 16.3 Å². The highest BCUT2D eigenvalue weighted by molar-refractivity contribution is 7.13.